The van der Waals surface area contributed by atoms with Gasteiger partial charge in [0.05, 0.1) is 19.4 Å². The van der Waals surface area contributed by atoms with Crippen molar-refractivity contribution in [2.45, 2.75) is 18.2 Å². The second kappa shape index (κ2) is 11.5. The Bertz CT molecular complexity index is 1080. The van der Waals surface area contributed by atoms with Crippen molar-refractivity contribution in [1.29, 1.82) is 0 Å². The number of ether oxygens (including phenoxy) is 1. The molecule has 1 heterocycles. The first-order valence-corrected chi connectivity index (χ1v) is 11.4. The van der Waals surface area contributed by atoms with Crippen molar-refractivity contribution in [3.05, 3.63) is 77.0 Å². The maximum absolute atomic E-state index is 12.4. The Kier molecular flexibility index (Phi) is 8.46. The first-order valence-electron chi connectivity index (χ1n) is 9.63. The fourth-order valence-electron chi connectivity index (χ4n) is 2.73. The van der Waals surface area contributed by atoms with Crippen LogP contribution in [0, 0.1) is 0 Å². The number of hydrogen-bond acceptors (Lipinski definition) is 6. The molecule has 0 unspecified atom stereocenters. The summed E-state index contributed by atoms with van der Waals surface area (Å²) in [7, 11) is 1.57. The number of rotatable bonds is 10. The zero-order valence-corrected chi connectivity index (χ0v) is 19.8. The Labute approximate surface area is 198 Å². The van der Waals surface area contributed by atoms with Crippen LogP contribution in [0.25, 0.3) is 0 Å². The summed E-state index contributed by atoms with van der Waals surface area (Å²) in [5.74, 6) is 1.04. The molecule has 3 rings (SSSR count). The van der Waals surface area contributed by atoms with E-state index in [4.69, 9.17) is 4.74 Å². The molecule has 0 bridgehead atoms. The van der Waals surface area contributed by atoms with Gasteiger partial charge in [0.1, 0.15) is 5.75 Å². The van der Waals surface area contributed by atoms with Crippen molar-refractivity contribution in [3.63, 3.8) is 0 Å². The molecule has 32 heavy (non-hydrogen) atoms. The average Bonchev–Trinajstić information content (AvgIpc) is 3.19. The number of hydrogen-bond donors (Lipinski definition) is 2. The van der Waals surface area contributed by atoms with E-state index in [2.05, 4.69) is 43.3 Å². The number of nitrogens with zero attached hydrogens (tertiary/aromatic N) is 3. The van der Waals surface area contributed by atoms with E-state index >= 15 is 0 Å². The highest BCUT2D eigenvalue weighted by molar-refractivity contribution is 9.10. The van der Waals surface area contributed by atoms with Crippen LogP contribution >= 0.6 is 27.7 Å². The molecule has 0 aliphatic carbocycles. The van der Waals surface area contributed by atoms with E-state index in [1.807, 2.05) is 28.8 Å². The Balaban J connectivity index is 1.58. The van der Waals surface area contributed by atoms with Crippen LogP contribution in [0.3, 0.4) is 0 Å². The third kappa shape index (κ3) is 6.44. The lowest BCUT2D eigenvalue weighted by Crippen LogP contribution is -2.24. The molecule has 0 fully saturated rings. The first kappa shape index (κ1) is 23.6. The molecule has 166 valence electrons. The molecule has 0 saturated heterocycles. The quantitative estimate of drug-likeness (QED) is 0.314. The summed E-state index contributed by atoms with van der Waals surface area (Å²) in [5.41, 5.74) is 1.23. The third-order valence-corrected chi connectivity index (χ3v) is 5.82. The molecular formula is C22H22BrN5O3S. The highest BCUT2D eigenvalue weighted by atomic mass is 79.9. The van der Waals surface area contributed by atoms with Gasteiger partial charge in [-0.3, -0.25) is 9.59 Å². The summed E-state index contributed by atoms with van der Waals surface area (Å²) >= 11 is 4.63. The molecular weight excluding hydrogens is 494 g/mol. The highest BCUT2D eigenvalue weighted by Gasteiger charge is 2.15. The standard InChI is InChI=1S/C22H22BrN5O3S/c1-3-12-28-19(13-24-21(30)15-4-10-18(31-2)11-5-15)26-27-22(28)32-14-20(29)25-17-8-6-16(23)7-9-17/h3-11H,1,12-14H2,2H3,(H,24,30)(H,25,29). The number of nitrogens with one attached hydrogen (secondary N) is 2. The Morgan fingerprint density at radius 3 is 2.53 bits per heavy atom. The van der Waals surface area contributed by atoms with Crippen LogP contribution in [-0.4, -0.2) is 39.4 Å². The van der Waals surface area contributed by atoms with Crippen molar-refractivity contribution in [2.24, 2.45) is 0 Å². The number of benzene rings is 2. The number of anilines is 1. The largest absolute Gasteiger partial charge is 0.497 e. The fourth-order valence-corrected chi connectivity index (χ4v) is 3.76. The second-order valence-electron chi connectivity index (χ2n) is 6.55. The van der Waals surface area contributed by atoms with Gasteiger partial charge in [-0.05, 0) is 48.5 Å². The Morgan fingerprint density at radius 2 is 1.88 bits per heavy atom. The minimum atomic E-state index is -0.233. The topological polar surface area (TPSA) is 98.1 Å². The lowest BCUT2D eigenvalue weighted by atomic mass is 10.2. The summed E-state index contributed by atoms with van der Waals surface area (Å²) in [6, 6.07) is 14.2. The summed E-state index contributed by atoms with van der Waals surface area (Å²) in [6.07, 6.45) is 1.71. The van der Waals surface area contributed by atoms with Crippen LogP contribution in [0.15, 0.2) is 70.8 Å². The highest BCUT2D eigenvalue weighted by Crippen LogP contribution is 2.19. The van der Waals surface area contributed by atoms with Gasteiger partial charge in [-0.2, -0.15) is 0 Å². The number of carbonyl (C=O) groups excluding carboxylic acids is 2. The van der Waals surface area contributed by atoms with Crippen LogP contribution < -0.4 is 15.4 Å². The summed E-state index contributed by atoms with van der Waals surface area (Å²) < 4.78 is 7.86. The number of aromatic nitrogens is 3. The minimum Gasteiger partial charge on any atom is -0.497 e. The molecule has 0 radical (unpaired) electrons. The van der Waals surface area contributed by atoms with E-state index in [1.54, 1.807) is 37.5 Å². The van der Waals surface area contributed by atoms with Gasteiger partial charge in [0, 0.05) is 22.3 Å². The number of carbonyl (C=O) groups is 2. The van der Waals surface area contributed by atoms with Gasteiger partial charge in [-0.1, -0.05) is 33.8 Å². The van der Waals surface area contributed by atoms with Gasteiger partial charge < -0.3 is 19.9 Å². The van der Waals surface area contributed by atoms with Gasteiger partial charge >= 0.3 is 0 Å². The predicted molar refractivity (Wildman–Crippen MR) is 128 cm³/mol. The molecule has 2 aromatic carbocycles. The SMILES string of the molecule is C=CCn1c(CNC(=O)c2ccc(OC)cc2)nnc1SCC(=O)Nc1ccc(Br)cc1. The molecule has 10 heteroatoms. The predicted octanol–water partition coefficient (Wildman–Crippen LogP) is 3.90. The van der Waals surface area contributed by atoms with Crippen LogP contribution in [0.5, 0.6) is 5.75 Å². The minimum absolute atomic E-state index is 0.153. The van der Waals surface area contributed by atoms with E-state index in [1.165, 1.54) is 11.8 Å². The van der Waals surface area contributed by atoms with Crippen molar-refractivity contribution in [3.8, 4) is 5.75 Å². The maximum atomic E-state index is 12.4. The van der Waals surface area contributed by atoms with Crippen molar-refractivity contribution in [1.82, 2.24) is 20.1 Å². The fraction of sp³-hybridized carbons (Fsp3) is 0.182. The summed E-state index contributed by atoms with van der Waals surface area (Å²) in [6.45, 7) is 4.41. The van der Waals surface area contributed by atoms with Crippen molar-refractivity contribution in [2.75, 3.05) is 18.2 Å². The molecule has 1 aromatic heterocycles. The second-order valence-corrected chi connectivity index (χ2v) is 8.41. The molecule has 2 N–H and O–H groups in total. The number of thioether (sulfide) groups is 1. The molecule has 3 aromatic rings. The van der Waals surface area contributed by atoms with Crippen molar-refractivity contribution >= 4 is 45.2 Å². The van der Waals surface area contributed by atoms with Gasteiger partial charge in [-0.25, -0.2) is 0 Å². The van der Waals surface area contributed by atoms with E-state index in [9.17, 15) is 9.59 Å². The van der Waals surface area contributed by atoms with E-state index in [0.29, 0.717) is 34.5 Å². The van der Waals surface area contributed by atoms with Gasteiger partial charge in [-0.15, -0.1) is 16.8 Å². The normalized spacial score (nSPS) is 10.4. The zero-order chi connectivity index (χ0) is 22.9. The van der Waals surface area contributed by atoms with Crippen LogP contribution in [0.2, 0.25) is 0 Å². The summed E-state index contributed by atoms with van der Waals surface area (Å²) in [4.78, 5) is 24.7. The molecule has 0 spiro atoms. The molecule has 0 atom stereocenters. The molecule has 2 amide bonds. The van der Waals surface area contributed by atoms with Crippen LogP contribution in [0.1, 0.15) is 16.2 Å². The van der Waals surface area contributed by atoms with E-state index in [0.717, 1.165) is 4.47 Å². The molecule has 0 aliphatic rings. The number of halogens is 1. The number of methoxy groups -OCH3 is 1. The molecule has 8 nitrogen and oxygen atoms in total. The van der Waals surface area contributed by atoms with Gasteiger partial charge in [0.15, 0.2) is 11.0 Å². The first-order chi connectivity index (χ1) is 15.5. The molecule has 0 aliphatic heterocycles. The van der Waals surface area contributed by atoms with E-state index in [-0.39, 0.29) is 24.1 Å². The van der Waals surface area contributed by atoms with Crippen LogP contribution in [0.4, 0.5) is 5.69 Å². The average molecular weight is 516 g/mol. The number of amides is 2. The Morgan fingerprint density at radius 1 is 1.16 bits per heavy atom. The monoisotopic (exact) mass is 515 g/mol. The summed E-state index contributed by atoms with van der Waals surface area (Å²) in [5, 5.41) is 14.6. The third-order valence-electron chi connectivity index (χ3n) is 4.32. The zero-order valence-electron chi connectivity index (χ0n) is 17.4. The molecule has 0 saturated carbocycles. The van der Waals surface area contributed by atoms with Crippen LogP contribution in [-0.2, 0) is 17.9 Å². The number of allylic oxidation sites excluding steroid dienone is 1. The van der Waals surface area contributed by atoms with Gasteiger partial charge in [0.25, 0.3) is 5.91 Å². The Hall–Kier alpha value is -3.11. The van der Waals surface area contributed by atoms with Crippen molar-refractivity contribution < 1.29 is 14.3 Å². The lowest BCUT2D eigenvalue weighted by Gasteiger charge is -2.09. The maximum Gasteiger partial charge on any atom is 0.251 e. The van der Waals surface area contributed by atoms with Gasteiger partial charge in [0.2, 0.25) is 5.91 Å². The lowest BCUT2D eigenvalue weighted by molar-refractivity contribution is -0.113. The van der Waals surface area contributed by atoms with E-state index < -0.39 is 0 Å². The smallest absolute Gasteiger partial charge is 0.251 e.